The Hall–Kier alpha value is -5.02. The number of nitrogens with two attached hydrogens (primary N) is 1. The number of benzene rings is 2. The van der Waals surface area contributed by atoms with Crippen molar-refractivity contribution in [2.75, 3.05) is 19.7 Å². The molecule has 10 N–H and O–H groups in total. The van der Waals surface area contributed by atoms with Crippen molar-refractivity contribution >= 4 is 35.5 Å². The van der Waals surface area contributed by atoms with E-state index in [1.807, 2.05) is 0 Å². The largest absolute Gasteiger partial charge is 0.508 e. The first-order valence-corrected chi connectivity index (χ1v) is 14.2. The smallest absolute Gasteiger partial charge is 0.322 e. The lowest BCUT2D eigenvalue weighted by Gasteiger charge is -2.28. The van der Waals surface area contributed by atoms with Crippen LogP contribution in [-0.2, 0) is 41.6 Å². The van der Waals surface area contributed by atoms with Gasteiger partial charge in [0.15, 0.2) is 0 Å². The molecule has 0 aliphatic rings. The first-order chi connectivity index (χ1) is 21.3. The van der Waals surface area contributed by atoms with Crippen LogP contribution < -0.4 is 32.3 Å². The number of aromatic hydroxyl groups is 1. The van der Waals surface area contributed by atoms with Gasteiger partial charge in [0, 0.05) is 12.8 Å². The van der Waals surface area contributed by atoms with Crippen molar-refractivity contribution in [3.63, 3.8) is 0 Å². The zero-order valence-electron chi connectivity index (χ0n) is 25.0. The molecule has 5 amide bonds. The van der Waals surface area contributed by atoms with Crippen LogP contribution in [0.25, 0.3) is 0 Å². The molecule has 0 saturated carbocycles. The third-order valence-corrected chi connectivity index (χ3v) is 6.57. The highest BCUT2D eigenvalue weighted by atomic mass is 16.4. The maximum atomic E-state index is 13.5. The van der Waals surface area contributed by atoms with E-state index in [9.17, 15) is 39.0 Å². The molecule has 0 aliphatic heterocycles. The second-order valence-corrected chi connectivity index (χ2v) is 10.6. The summed E-state index contributed by atoms with van der Waals surface area (Å²) in [4.78, 5) is 75.1. The molecule has 244 valence electrons. The van der Waals surface area contributed by atoms with Gasteiger partial charge in [0.25, 0.3) is 0 Å². The molecule has 0 saturated heterocycles. The van der Waals surface area contributed by atoms with E-state index >= 15 is 0 Å². The number of carbonyl (C=O) groups excluding carboxylic acids is 5. The molecule has 2 aromatic rings. The Kier molecular flexibility index (Phi) is 14.4. The van der Waals surface area contributed by atoms with Gasteiger partial charge in [-0.2, -0.15) is 0 Å². The molecule has 4 atom stereocenters. The average molecular weight is 629 g/mol. The van der Waals surface area contributed by atoms with E-state index in [1.165, 1.54) is 24.3 Å². The number of phenols is 1. The van der Waals surface area contributed by atoms with E-state index in [2.05, 4.69) is 26.6 Å². The summed E-state index contributed by atoms with van der Waals surface area (Å²) in [6, 6.07) is 9.81. The van der Waals surface area contributed by atoms with Crippen LogP contribution in [0.5, 0.6) is 5.75 Å². The Morgan fingerprint density at radius 1 is 0.711 bits per heavy atom. The van der Waals surface area contributed by atoms with Gasteiger partial charge < -0.3 is 47.6 Å². The fraction of sp³-hybridized carbons (Fsp3) is 0.400. The number of carboxylic acid groups (broad SMARTS) is 1. The number of amides is 5. The summed E-state index contributed by atoms with van der Waals surface area (Å²) in [6.45, 7) is 1.48. The second kappa shape index (κ2) is 17.9. The van der Waals surface area contributed by atoms with E-state index in [-0.39, 0.29) is 18.6 Å². The van der Waals surface area contributed by atoms with Crippen molar-refractivity contribution in [2.45, 2.75) is 50.9 Å². The van der Waals surface area contributed by atoms with Crippen LogP contribution in [0.4, 0.5) is 0 Å². The van der Waals surface area contributed by atoms with Gasteiger partial charge in [-0.15, -0.1) is 0 Å². The highest BCUT2D eigenvalue weighted by Gasteiger charge is 2.32. The molecule has 15 heteroatoms. The third-order valence-electron chi connectivity index (χ3n) is 6.57. The highest BCUT2D eigenvalue weighted by molar-refractivity contribution is 5.96. The Morgan fingerprint density at radius 2 is 1.27 bits per heavy atom. The first-order valence-electron chi connectivity index (χ1n) is 14.2. The lowest BCUT2D eigenvalue weighted by atomic mass is 9.99. The summed E-state index contributed by atoms with van der Waals surface area (Å²) in [5.41, 5.74) is 6.89. The Morgan fingerprint density at radius 3 is 1.82 bits per heavy atom. The second-order valence-electron chi connectivity index (χ2n) is 10.6. The van der Waals surface area contributed by atoms with E-state index in [0.29, 0.717) is 11.1 Å². The number of hydrogen-bond acceptors (Lipinski definition) is 9. The monoisotopic (exact) mass is 628 g/mol. The van der Waals surface area contributed by atoms with Crippen LogP contribution in [0.1, 0.15) is 25.0 Å². The molecule has 0 spiro atoms. The number of carbonyl (C=O) groups is 6. The summed E-state index contributed by atoms with van der Waals surface area (Å²) in [7, 11) is 0. The summed E-state index contributed by atoms with van der Waals surface area (Å²) in [5.74, 6) is -5.50. The summed E-state index contributed by atoms with van der Waals surface area (Å²) >= 11 is 0. The third kappa shape index (κ3) is 12.6. The molecule has 0 bridgehead atoms. The molecule has 15 nitrogen and oxygen atoms in total. The van der Waals surface area contributed by atoms with E-state index in [4.69, 9.17) is 10.8 Å². The summed E-state index contributed by atoms with van der Waals surface area (Å²) in [6.07, 6.45) is -0.00206. The molecule has 2 rings (SSSR count). The molecule has 0 fully saturated rings. The molecule has 0 aliphatic carbocycles. The normalized spacial score (nSPS) is 13.4. The topological polar surface area (TPSA) is 249 Å². The lowest BCUT2D eigenvalue weighted by molar-refractivity contribution is -0.138. The molecule has 45 heavy (non-hydrogen) atoms. The van der Waals surface area contributed by atoms with Crippen molar-refractivity contribution in [1.29, 1.82) is 0 Å². The molecular weight excluding hydrogens is 588 g/mol. The first kappa shape index (κ1) is 36.2. The van der Waals surface area contributed by atoms with Crippen molar-refractivity contribution in [1.82, 2.24) is 26.6 Å². The predicted octanol–water partition coefficient (Wildman–Crippen LogP) is -2.08. The van der Waals surface area contributed by atoms with Crippen LogP contribution in [0.3, 0.4) is 0 Å². The van der Waals surface area contributed by atoms with E-state index in [0.717, 1.165) is 0 Å². The Bertz CT molecular complexity index is 1320. The fourth-order valence-corrected chi connectivity index (χ4v) is 4.08. The van der Waals surface area contributed by atoms with Crippen molar-refractivity contribution < 1.29 is 44.1 Å². The molecule has 0 heterocycles. The van der Waals surface area contributed by atoms with E-state index < -0.39 is 85.3 Å². The average Bonchev–Trinajstić information content (AvgIpc) is 3.01. The number of hydrogen-bond donors (Lipinski definition) is 9. The number of aliphatic hydroxyl groups is 1. The number of rotatable bonds is 17. The van der Waals surface area contributed by atoms with Crippen molar-refractivity contribution in [3.05, 3.63) is 65.7 Å². The van der Waals surface area contributed by atoms with Gasteiger partial charge in [-0.3, -0.25) is 28.8 Å². The molecule has 0 aromatic heterocycles. The van der Waals surface area contributed by atoms with Crippen molar-refractivity contribution in [3.8, 4) is 5.75 Å². The minimum Gasteiger partial charge on any atom is -0.508 e. The zero-order chi connectivity index (χ0) is 33.5. The lowest BCUT2D eigenvalue weighted by Crippen LogP contribution is -2.60. The quantitative estimate of drug-likeness (QED) is 0.0925. The maximum absolute atomic E-state index is 13.5. The molecule has 2 aromatic carbocycles. The van der Waals surface area contributed by atoms with E-state index in [1.54, 1.807) is 44.2 Å². The minimum atomic E-state index is -1.27. The fourth-order valence-electron chi connectivity index (χ4n) is 4.08. The predicted molar refractivity (Wildman–Crippen MR) is 161 cm³/mol. The van der Waals surface area contributed by atoms with Crippen LogP contribution in [0.2, 0.25) is 0 Å². The van der Waals surface area contributed by atoms with Gasteiger partial charge >= 0.3 is 5.97 Å². The minimum absolute atomic E-state index is 0.0152. The van der Waals surface area contributed by atoms with Crippen LogP contribution in [0.15, 0.2) is 54.6 Å². The number of phenolic OH excluding ortho intramolecular Hbond substituents is 1. The number of aliphatic carboxylic acids is 1. The van der Waals surface area contributed by atoms with Crippen molar-refractivity contribution in [2.24, 2.45) is 11.7 Å². The van der Waals surface area contributed by atoms with Gasteiger partial charge in [0.05, 0.1) is 13.2 Å². The van der Waals surface area contributed by atoms with Gasteiger partial charge in [-0.1, -0.05) is 56.3 Å². The van der Waals surface area contributed by atoms with Gasteiger partial charge in [-0.25, -0.2) is 0 Å². The highest BCUT2D eigenvalue weighted by Crippen LogP contribution is 2.13. The van der Waals surface area contributed by atoms with Gasteiger partial charge in [0.2, 0.25) is 29.5 Å². The Labute approximate surface area is 259 Å². The van der Waals surface area contributed by atoms with Gasteiger partial charge in [-0.05, 0) is 29.2 Å². The van der Waals surface area contributed by atoms with Crippen LogP contribution >= 0.6 is 0 Å². The maximum Gasteiger partial charge on any atom is 0.322 e. The Balaban J connectivity index is 2.24. The van der Waals surface area contributed by atoms with Gasteiger partial charge in [0.1, 0.15) is 36.5 Å². The molecule has 0 radical (unpaired) electrons. The van der Waals surface area contributed by atoms with Crippen LogP contribution in [0, 0.1) is 5.92 Å². The standard InChI is InChI=1S/C30H40N6O9/c1-17(2)26(36-29(44)23(34-27(42)21(31)16-37)12-18-6-4-3-5-7-18)30(45)35-22(13-19-8-10-20(38)11-9-19)28(43)33-14-24(39)32-15-25(40)41/h3-11,17,21-23,26,37-38H,12-16,31H2,1-2H3,(H,32,39)(H,33,43)(H,34,42)(H,35,45)(H,36,44)(H,40,41). The molecule has 4 unspecified atom stereocenters. The van der Waals surface area contributed by atoms with Crippen LogP contribution in [-0.4, -0.2) is 94.7 Å². The summed E-state index contributed by atoms with van der Waals surface area (Å²) in [5, 5.41) is 39.8. The molecular formula is C30H40N6O9. The number of aliphatic hydroxyl groups excluding tert-OH is 1. The number of carboxylic acids is 1. The SMILES string of the molecule is CC(C)C(NC(=O)C(Cc1ccccc1)NC(=O)C(N)CO)C(=O)NC(Cc1ccc(O)cc1)C(=O)NCC(=O)NCC(=O)O. The number of nitrogens with one attached hydrogen (secondary N) is 5. The zero-order valence-corrected chi connectivity index (χ0v) is 25.0. The summed E-state index contributed by atoms with van der Waals surface area (Å²) < 4.78 is 0.